The van der Waals surface area contributed by atoms with E-state index in [9.17, 15) is 9.59 Å². The molecule has 156 valence electrons. The van der Waals surface area contributed by atoms with Crippen molar-refractivity contribution in [2.75, 3.05) is 0 Å². The first-order chi connectivity index (χ1) is 11.9. The summed E-state index contributed by atoms with van der Waals surface area (Å²) in [5.74, 6) is -0.438. The molecule has 1 aliphatic rings. The van der Waals surface area contributed by atoms with Crippen molar-refractivity contribution >= 4 is 35.4 Å². The highest BCUT2D eigenvalue weighted by atomic mass is 32.2. The van der Waals surface area contributed by atoms with Gasteiger partial charge in [-0.25, -0.2) is 0 Å². The lowest BCUT2D eigenvalue weighted by Crippen LogP contribution is -2.57. The Morgan fingerprint density at radius 2 is 1.41 bits per heavy atom. The quantitative estimate of drug-likeness (QED) is 0.452. The molecule has 1 amide bonds. The van der Waals surface area contributed by atoms with Crippen LogP contribution >= 0.6 is 23.5 Å². The summed E-state index contributed by atoms with van der Waals surface area (Å²) in [4.78, 5) is 26.3. The van der Waals surface area contributed by atoms with E-state index in [1.54, 1.807) is 35.3 Å². The molecule has 0 aromatic heterocycles. The number of nitrogens with zero attached hydrogens (tertiary/aromatic N) is 1. The van der Waals surface area contributed by atoms with Crippen LogP contribution < -0.4 is 0 Å². The molecule has 0 aromatic carbocycles. The number of thioether (sulfide) groups is 2. The normalized spacial score (nSPS) is 24.5. The summed E-state index contributed by atoms with van der Waals surface area (Å²) in [5, 5.41) is -0.271. The third-order valence-corrected chi connectivity index (χ3v) is 6.67. The fourth-order valence-electron chi connectivity index (χ4n) is 3.05. The summed E-state index contributed by atoms with van der Waals surface area (Å²) < 4.78 is 5.70. The first kappa shape index (κ1) is 24.4. The smallest absolute Gasteiger partial charge is 0.304 e. The third kappa shape index (κ3) is 7.37. The van der Waals surface area contributed by atoms with Gasteiger partial charge in [0.05, 0.1) is 5.25 Å². The van der Waals surface area contributed by atoms with Crippen molar-refractivity contribution in [2.24, 2.45) is 5.41 Å². The number of rotatable bonds is 3. The Kier molecular flexibility index (Phi) is 7.60. The monoisotopic (exact) mass is 415 g/mol. The zero-order chi connectivity index (χ0) is 21.4. The molecular weight excluding hydrogens is 378 g/mol. The lowest BCUT2D eigenvalue weighted by molar-refractivity contribution is -0.162. The Labute approximate surface area is 174 Å². The zero-order valence-corrected chi connectivity index (χ0v) is 20.4. The Morgan fingerprint density at radius 3 is 1.74 bits per heavy atom. The van der Waals surface area contributed by atoms with Crippen molar-refractivity contribution in [1.29, 1.82) is 0 Å². The number of carbonyl (C=O) groups is 2. The summed E-state index contributed by atoms with van der Waals surface area (Å²) >= 11 is 3.47. The summed E-state index contributed by atoms with van der Waals surface area (Å²) in [6.45, 7) is 22.4. The van der Waals surface area contributed by atoms with Crippen molar-refractivity contribution in [1.82, 2.24) is 4.90 Å². The van der Waals surface area contributed by atoms with Crippen LogP contribution in [-0.2, 0) is 14.3 Å². The van der Waals surface area contributed by atoms with Gasteiger partial charge in [-0.2, -0.15) is 0 Å². The highest BCUT2D eigenvalue weighted by Gasteiger charge is 2.47. The van der Waals surface area contributed by atoms with E-state index < -0.39 is 6.23 Å². The summed E-state index contributed by atoms with van der Waals surface area (Å²) in [6.07, 6.45) is 1.61. The number of ether oxygens (including phenoxy) is 1. The summed E-state index contributed by atoms with van der Waals surface area (Å²) in [7, 11) is 0. The largest absolute Gasteiger partial charge is 0.440 e. The predicted octanol–water partition coefficient (Wildman–Crippen LogP) is 5.47. The van der Waals surface area contributed by atoms with Gasteiger partial charge in [0.1, 0.15) is 5.37 Å². The van der Waals surface area contributed by atoms with E-state index in [0.717, 1.165) is 0 Å². The second-order valence-corrected chi connectivity index (χ2v) is 14.0. The molecule has 27 heavy (non-hydrogen) atoms. The van der Waals surface area contributed by atoms with Crippen LogP contribution in [0.2, 0.25) is 0 Å². The van der Waals surface area contributed by atoms with Gasteiger partial charge in [0.15, 0.2) is 6.23 Å². The predicted molar refractivity (Wildman–Crippen MR) is 118 cm³/mol. The van der Waals surface area contributed by atoms with Crippen LogP contribution in [0.25, 0.3) is 0 Å². The van der Waals surface area contributed by atoms with E-state index in [1.807, 2.05) is 0 Å². The van der Waals surface area contributed by atoms with Gasteiger partial charge < -0.3 is 4.74 Å². The van der Waals surface area contributed by atoms with Gasteiger partial charge in [0.2, 0.25) is 5.91 Å². The average Bonchev–Trinajstić information content (AvgIpc) is 2.35. The zero-order valence-electron chi connectivity index (χ0n) is 18.8. The van der Waals surface area contributed by atoms with Crippen molar-refractivity contribution in [2.45, 2.75) is 103 Å². The fourth-order valence-corrected chi connectivity index (χ4v) is 6.00. The molecule has 4 nitrogen and oxygen atoms in total. The van der Waals surface area contributed by atoms with Gasteiger partial charge in [-0.15, -0.1) is 23.5 Å². The number of hydrogen-bond donors (Lipinski definition) is 0. The van der Waals surface area contributed by atoms with E-state index in [1.165, 1.54) is 12.5 Å². The highest BCUT2D eigenvalue weighted by molar-refractivity contribution is 8.01. The SMILES string of the molecule is CC(=O)OC1C(SC(C)(C)C)C(C(C)(C)C)=CC(SC(C)(C)C)N1C(C)=O. The second-order valence-electron chi connectivity index (χ2n) is 10.1. The summed E-state index contributed by atoms with van der Waals surface area (Å²) in [6, 6.07) is 0. The first-order valence-electron chi connectivity index (χ1n) is 9.46. The molecule has 3 atom stereocenters. The van der Waals surface area contributed by atoms with Gasteiger partial charge in [0.25, 0.3) is 0 Å². The molecule has 0 aliphatic carbocycles. The minimum atomic E-state index is -0.608. The topological polar surface area (TPSA) is 46.6 Å². The second kappa shape index (κ2) is 8.40. The Balaban J connectivity index is 3.61. The van der Waals surface area contributed by atoms with Crippen LogP contribution in [0.1, 0.15) is 76.2 Å². The van der Waals surface area contributed by atoms with Crippen molar-refractivity contribution in [3.05, 3.63) is 11.6 Å². The lowest BCUT2D eigenvalue weighted by Gasteiger charge is -2.48. The van der Waals surface area contributed by atoms with Crippen LogP contribution in [0, 0.1) is 5.41 Å². The van der Waals surface area contributed by atoms with Gasteiger partial charge in [0, 0.05) is 23.3 Å². The van der Waals surface area contributed by atoms with Crippen molar-refractivity contribution in [3.63, 3.8) is 0 Å². The number of esters is 1. The number of hydrogen-bond acceptors (Lipinski definition) is 5. The minimum Gasteiger partial charge on any atom is -0.440 e. The molecule has 0 radical (unpaired) electrons. The molecule has 1 rings (SSSR count). The third-order valence-electron chi connectivity index (χ3n) is 3.91. The van der Waals surface area contributed by atoms with E-state index in [0.29, 0.717) is 0 Å². The van der Waals surface area contributed by atoms with E-state index in [-0.39, 0.29) is 37.4 Å². The van der Waals surface area contributed by atoms with Gasteiger partial charge >= 0.3 is 5.97 Å². The fraction of sp³-hybridized carbons (Fsp3) is 0.810. The molecule has 0 fully saturated rings. The van der Waals surface area contributed by atoms with E-state index in [2.05, 4.69) is 68.4 Å². The number of amides is 1. The molecule has 0 aromatic rings. The van der Waals surface area contributed by atoms with Crippen LogP contribution in [0.4, 0.5) is 0 Å². The van der Waals surface area contributed by atoms with E-state index >= 15 is 0 Å². The first-order valence-corrected chi connectivity index (χ1v) is 11.2. The van der Waals surface area contributed by atoms with Gasteiger partial charge in [-0.05, 0) is 11.0 Å². The van der Waals surface area contributed by atoms with Crippen molar-refractivity contribution in [3.8, 4) is 0 Å². The molecule has 1 aliphatic heterocycles. The molecule has 6 heteroatoms. The van der Waals surface area contributed by atoms with E-state index in [4.69, 9.17) is 4.74 Å². The van der Waals surface area contributed by atoms with Gasteiger partial charge in [-0.3, -0.25) is 14.5 Å². The molecule has 0 bridgehead atoms. The average molecular weight is 416 g/mol. The minimum absolute atomic E-state index is 0.0390. The Bertz CT molecular complexity index is 594. The molecule has 0 N–H and O–H groups in total. The number of carbonyl (C=O) groups excluding carboxylic acids is 2. The molecule has 0 saturated heterocycles. The van der Waals surface area contributed by atoms with Crippen LogP contribution in [0.15, 0.2) is 11.6 Å². The maximum atomic E-state index is 12.6. The molecule has 0 spiro atoms. The Hall–Kier alpha value is -0.620. The molecular formula is C21H37NO3S2. The lowest BCUT2D eigenvalue weighted by atomic mass is 9.82. The molecule has 0 saturated carbocycles. The standard InChI is InChI=1S/C21H37NO3S2/c1-13(23)22-16(26-20(6,7)8)12-15(19(3,4)5)17(27-21(9,10)11)18(22)25-14(2)24/h12,16-18H,1-11H3. The molecule has 1 heterocycles. The maximum Gasteiger partial charge on any atom is 0.304 e. The maximum absolute atomic E-state index is 12.6. The Morgan fingerprint density at radius 1 is 0.926 bits per heavy atom. The summed E-state index contributed by atoms with van der Waals surface area (Å²) in [5.41, 5.74) is 1.13. The highest BCUT2D eigenvalue weighted by Crippen LogP contribution is 2.48. The van der Waals surface area contributed by atoms with Crippen LogP contribution in [-0.4, -0.2) is 43.1 Å². The molecule has 3 unspecified atom stereocenters. The van der Waals surface area contributed by atoms with Gasteiger partial charge in [-0.1, -0.05) is 68.4 Å². The van der Waals surface area contributed by atoms with Crippen LogP contribution in [0.3, 0.4) is 0 Å². The van der Waals surface area contributed by atoms with Crippen molar-refractivity contribution < 1.29 is 14.3 Å². The van der Waals surface area contributed by atoms with Crippen LogP contribution in [0.5, 0.6) is 0 Å².